The summed E-state index contributed by atoms with van der Waals surface area (Å²) in [4.78, 5) is 2.45. The fourth-order valence-corrected chi connectivity index (χ4v) is 2.28. The number of rotatable bonds is 5. The van der Waals surface area contributed by atoms with Gasteiger partial charge >= 0.3 is 0 Å². The lowest BCUT2D eigenvalue weighted by atomic mass is 10.1. The second-order valence-electron chi connectivity index (χ2n) is 4.80. The molecule has 1 fully saturated rings. The van der Waals surface area contributed by atoms with Gasteiger partial charge in [0.15, 0.2) is 0 Å². The molecular weight excluding hydrogens is 224 g/mol. The third kappa shape index (κ3) is 3.65. The van der Waals surface area contributed by atoms with Crippen LogP contribution in [-0.2, 0) is 0 Å². The standard InChI is InChI=1S/C14H22N4/c15-14(16)8-9-17-12-4-6-13(7-5-12)18-10-2-1-3-11-18/h4-7,17H,1-3,8-11H2,(H3,15,16). The normalized spacial score (nSPS) is 15.4. The highest BCUT2D eigenvalue weighted by atomic mass is 15.1. The first-order valence-electron chi connectivity index (χ1n) is 6.67. The molecule has 1 aliphatic heterocycles. The predicted octanol–water partition coefficient (Wildman–Crippen LogP) is 2.41. The monoisotopic (exact) mass is 246 g/mol. The number of nitrogens with two attached hydrogens (primary N) is 1. The van der Waals surface area contributed by atoms with E-state index in [1.807, 2.05) is 0 Å². The molecule has 98 valence electrons. The van der Waals surface area contributed by atoms with E-state index < -0.39 is 0 Å². The van der Waals surface area contributed by atoms with Crippen molar-refractivity contribution in [2.24, 2.45) is 5.73 Å². The summed E-state index contributed by atoms with van der Waals surface area (Å²) in [7, 11) is 0. The van der Waals surface area contributed by atoms with Gasteiger partial charge in [0.1, 0.15) is 0 Å². The van der Waals surface area contributed by atoms with Crippen LogP contribution < -0.4 is 16.0 Å². The van der Waals surface area contributed by atoms with Gasteiger partial charge < -0.3 is 16.0 Å². The Morgan fingerprint density at radius 2 is 1.83 bits per heavy atom. The van der Waals surface area contributed by atoms with E-state index in [0.717, 1.165) is 12.2 Å². The molecule has 4 heteroatoms. The van der Waals surface area contributed by atoms with Crippen LogP contribution in [0.15, 0.2) is 24.3 Å². The molecule has 1 heterocycles. The molecular formula is C14H22N4. The maximum atomic E-state index is 7.16. The van der Waals surface area contributed by atoms with Gasteiger partial charge in [0.2, 0.25) is 0 Å². The molecule has 1 saturated heterocycles. The molecule has 0 radical (unpaired) electrons. The highest BCUT2D eigenvalue weighted by molar-refractivity contribution is 5.77. The zero-order chi connectivity index (χ0) is 12.8. The van der Waals surface area contributed by atoms with Crippen molar-refractivity contribution >= 4 is 17.2 Å². The summed E-state index contributed by atoms with van der Waals surface area (Å²) in [6.07, 6.45) is 4.56. The summed E-state index contributed by atoms with van der Waals surface area (Å²) in [6, 6.07) is 8.54. The number of hydrogen-bond acceptors (Lipinski definition) is 3. The Kier molecular flexibility index (Phi) is 4.45. The van der Waals surface area contributed by atoms with E-state index in [1.54, 1.807) is 0 Å². The molecule has 0 amide bonds. The van der Waals surface area contributed by atoms with Crippen LogP contribution in [-0.4, -0.2) is 25.5 Å². The first kappa shape index (κ1) is 12.7. The lowest BCUT2D eigenvalue weighted by Gasteiger charge is -2.28. The number of anilines is 2. The average Bonchev–Trinajstić information content (AvgIpc) is 2.40. The van der Waals surface area contributed by atoms with Crippen molar-refractivity contribution in [3.05, 3.63) is 24.3 Å². The van der Waals surface area contributed by atoms with Crippen LogP contribution in [0.5, 0.6) is 0 Å². The molecule has 2 rings (SSSR count). The first-order valence-corrected chi connectivity index (χ1v) is 6.67. The van der Waals surface area contributed by atoms with Crippen molar-refractivity contribution in [1.82, 2.24) is 0 Å². The molecule has 18 heavy (non-hydrogen) atoms. The van der Waals surface area contributed by atoms with Gasteiger partial charge in [-0.3, -0.25) is 5.41 Å². The lowest BCUT2D eigenvalue weighted by molar-refractivity contribution is 0.578. The summed E-state index contributed by atoms with van der Waals surface area (Å²) >= 11 is 0. The van der Waals surface area contributed by atoms with E-state index in [-0.39, 0.29) is 5.84 Å². The SMILES string of the molecule is N=C(N)CCNc1ccc(N2CCCCC2)cc1. The lowest BCUT2D eigenvalue weighted by Crippen LogP contribution is -2.29. The third-order valence-corrected chi connectivity index (χ3v) is 3.31. The van der Waals surface area contributed by atoms with Crippen molar-refractivity contribution in [1.29, 1.82) is 5.41 Å². The van der Waals surface area contributed by atoms with Crippen molar-refractivity contribution in [2.75, 3.05) is 29.9 Å². The Morgan fingerprint density at radius 3 is 2.44 bits per heavy atom. The fraction of sp³-hybridized carbons (Fsp3) is 0.500. The quantitative estimate of drug-likeness (QED) is 0.552. The maximum absolute atomic E-state index is 7.16. The van der Waals surface area contributed by atoms with E-state index in [4.69, 9.17) is 11.1 Å². The molecule has 4 N–H and O–H groups in total. The Hall–Kier alpha value is -1.71. The summed E-state index contributed by atoms with van der Waals surface area (Å²) in [5, 5.41) is 10.4. The Labute approximate surface area is 109 Å². The summed E-state index contributed by atoms with van der Waals surface area (Å²) in [5.74, 6) is 0.229. The van der Waals surface area contributed by atoms with Gasteiger partial charge in [-0.1, -0.05) is 0 Å². The molecule has 0 atom stereocenters. The molecule has 4 nitrogen and oxygen atoms in total. The van der Waals surface area contributed by atoms with Crippen LogP contribution in [0.25, 0.3) is 0 Å². The van der Waals surface area contributed by atoms with Crippen molar-refractivity contribution in [2.45, 2.75) is 25.7 Å². The number of nitrogens with one attached hydrogen (secondary N) is 2. The zero-order valence-electron chi connectivity index (χ0n) is 10.8. The van der Waals surface area contributed by atoms with Gasteiger partial charge in [-0.25, -0.2) is 0 Å². The largest absolute Gasteiger partial charge is 0.388 e. The number of amidine groups is 1. The summed E-state index contributed by atoms with van der Waals surface area (Å²) < 4.78 is 0. The van der Waals surface area contributed by atoms with Crippen LogP contribution >= 0.6 is 0 Å². The van der Waals surface area contributed by atoms with Gasteiger partial charge in [-0.15, -0.1) is 0 Å². The minimum absolute atomic E-state index is 0.229. The fourth-order valence-electron chi connectivity index (χ4n) is 2.28. The van der Waals surface area contributed by atoms with Gasteiger partial charge in [-0.2, -0.15) is 0 Å². The van der Waals surface area contributed by atoms with E-state index in [0.29, 0.717) is 6.42 Å². The molecule has 0 aliphatic carbocycles. The molecule has 0 aromatic heterocycles. The van der Waals surface area contributed by atoms with E-state index in [1.165, 1.54) is 38.0 Å². The average molecular weight is 246 g/mol. The predicted molar refractivity (Wildman–Crippen MR) is 77.5 cm³/mol. The van der Waals surface area contributed by atoms with Crippen LogP contribution in [0.4, 0.5) is 11.4 Å². The molecule has 0 bridgehead atoms. The van der Waals surface area contributed by atoms with Gasteiger partial charge in [0.05, 0.1) is 5.84 Å². The van der Waals surface area contributed by atoms with E-state index >= 15 is 0 Å². The third-order valence-electron chi connectivity index (χ3n) is 3.31. The molecule has 1 aromatic carbocycles. The van der Waals surface area contributed by atoms with Crippen LogP contribution in [0, 0.1) is 5.41 Å². The zero-order valence-corrected chi connectivity index (χ0v) is 10.8. The van der Waals surface area contributed by atoms with Crippen LogP contribution in [0.2, 0.25) is 0 Å². The van der Waals surface area contributed by atoms with Gasteiger partial charge in [-0.05, 0) is 43.5 Å². The maximum Gasteiger partial charge on any atom is 0.0923 e. The van der Waals surface area contributed by atoms with Gasteiger partial charge in [0, 0.05) is 37.4 Å². The Morgan fingerprint density at radius 1 is 1.17 bits per heavy atom. The topological polar surface area (TPSA) is 65.1 Å². The van der Waals surface area contributed by atoms with Gasteiger partial charge in [0.25, 0.3) is 0 Å². The smallest absolute Gasteiger partial charge is 0.0923 e. The molecule has 1 aromatic rings. The minimum atomic E-state index is 0.229. The van der Waals surface area contributed by atoms with Crippen molar-refractivity contribution < 1.29 is 0 Å². The van der Waals surface area contributed by atoms with E-state index in [9.17, 15) is 0 Å². The van der Waals surface area contributed by atoms with Crippen LogP contribution in [0.1, 0.15) is 25.7 Å². The summed E-state index contributed by atoms with van der Waals surface area (Å²) in [6.45, 7) is 3.08. The Balaban J connectivity index is 1.86. The van der Waals surface area contributed by atoms with Crippen molar-refractivity contribution in [3.8, 4) is 0 Å². The molecule has 0 saturated carbocycles. The highest BCUT2D eigenvalue weighted by Gasteiger charge is 2.10. The van der Waals surface area contributed by atoms with Crippen LogP contribution in [0.3, 0.4) is 0 Å². The second-order valence-corrected chi connectivity index (χ2v) is 4.80. The number of nitrogens with zero attached hydrogens (tertiary/aromatic N) is 1. The molecule has 0 spiro atoms. The number of benzene rings is 1. The molecule has 0 unspecified atom stereocenters. The van der Waals surface area contributed by atoms with E-state index in [2.05, 4.69) is 34.5 Å². The minimum Gasteiger partial charge on any atom is -0.388 e. The number of piperidine rings is 1. The number of hydrogen-bond donors (Lipinski definition) is 3. The molecule has 1 aliphatic rings. The summed E-state index contributed by atoms with van der Waals surface area (Å²) in [5.41, 5.74) is 7.72. The Bertz CT molecular complexity index is 379. The first-order chi connectivity index (χ1) is 8.75. The second kappa shape index (κ2) is 6.28. The highest BCUT2D eigenvalue weighted by Crippen LogP contribution is 2.21. The van der Waals surface area contributed by atoms with Crippen molar-refractivity contribution in [3.63, 3.8) is 0 Å².